The standard InChI is InChI=1S/C17H22FN5OS/c1-11-6-5-7-12(2)22(11)15(24)10-25-17-21-20-16(23(17)19)13-8-3-4-9-14(13)18/h3-4,8-9,11-12H,5-7,10,19H2,1-2H3. The number of likely N-dealkylation sites (tertiary alicyclic amines) is 1. The molecule has 0 bridgehead atoms. The van der Waals surface area contributed by atoms with Gasteiger partial charge in [-0.15, -0.1) is 10.2 Å². The number of nitrogen functional groups attached to an aromatic ring is 1. The minimum absolute atomic E-state index is 0.0696. The van der Waals surface area contributed by atoms with Crippen LogP contribution < -0.4 is 5.84 Å². The summed E-state index contributed by atoms with van der Waals surface area (Å²) >= 11 is 1.22. The average molecular weight is 363 g/mol. The lowest BCUT2D eigenvalue weighted by atomic mass is 9.98. The Morgan fingerprint density at radius 1 is 1.28 bits per heavy atom. The van der Waals surface area contributed by atoms with Crippen molar-refractivity contribution >= 4 is 17.7 Å². The van der Waals surface area contributed by atoms with Gasteiger partial charge in [-0.2, -0.15) is 0 Å². The molecule has 0 spiro atoms. The smallest absolute Gasteiger partial charge is 0.233 e. The van der Waals surface area contributed by atoms with Crippen molar-refractivity contribution in [3.63, 3.8) is 0 Å². The first-order chi connectivity index (χ1) is 12.0. The normalized spacial score (nSPS) is 20.7. The Bertz CT molecular complexity index is 755. The summed E-state index contributed by atoms with van der Waals surface area (Å²) in [6, 6.07) is 6.76. The number of nitrogens with two attached hydrogens (primary N) is 1. The number of nitrogens with zero attached hydrogens (tertiary/aromatic N) is 4. The highest BCUT2D eigenvalue weighted by Gasteiger charge is 2.29. The third kappa shape index (κ3) is 3.63. The molecule has 1 aliphatic heterocycles. The summed E-state index contributed by atoms with van der Waals surface area (Å²) in [5.74, 6) is 6.14. The van der Waals surface area contributed by atoms with Crippen molar-refractivity contribution in [2.75, 3.05) is 11.6 Å². The molecule has 8 heteroatoms. The molecule has 6 nitrogen and oxygen atoms in total. The fourth-order valence-corrected chi connectivity index (χ4v) is 4.04. The van der Waals surface area contributed by atoms with Crippen LogP contribution in [0.15, 0.2) is 29.4 Å². The van der Waals surface area contributed by atoms with Crippen molar-refractivity contribution in [1.29, 1.82) is 0 Å². The minimum Gasteiger partial charge on any atom is -0.337 e. The fourth-order valence-electron chi connectivity index (χ4n) is 3.32. The number of piperidine rings is 1. The maximum absolute atomic E-state index is 13.9. The lowest BCUT2D eigenvalue weighted by Crippen LogP contribution is -2.48. The van der Waals surface area contributed by atoms with Gasteiger partial charge in [-0.1, -0.05) is 23.9 Å². The summed E-state index contributed by atoms with van der Waals surface area (Å²) in [5.41, 5.74) is 0.286. The molecule has 25 heavy (non-hydrogen) atoms. The van der Waals surface area contributed by atoms with Crippen LogP contribution in [0.4, 0.5) is 4.39 Å². The quantitative estimate of drug-likeness (QED) is 0.667. The van der Waals surface area contributed by atoms with Gasteiger partial charge in [-0.3, -0.25) is 4.79 Å². The molecule has 1 amide bonds. The highest BCUT2D eigenvalue weighted by Crippen LogP contribution is 2.26. The number of carbonyl (C=O) groups excluding carboxylic acids is 1. The predicted molar refractivity (Wildman–Crippen MR) is 95.9 cm³/mol. The van der Waals surface area contributed by atoms with E-state index in [1.54, 1.807) is 18.2 Å². The lowest BCUT2D eigenvalue weighted by Gasteiger charge is -2.39. The first-order valence-electron chi connectivity index (χ1n) is 8.38. The van der Waals surface area contributed by atoms with Crippen molar-refractivity contribution in [2.24, 2.45) is 0 Å². The van der Waals surface area contributed by atoms with Crippen LogP contribution in [0.1, 0.15) is 33.1 Å². The van der Waals surface area contributed by atoms with Gasteiger partial charge in [0.15, 0.2) is 5.82 Å². The lowest BCUT2D eigenvalue weighted by molar-refractivity contribution is -0.134. The number of thioether (sulfide) groups is 1. The van der Waals surface area contributed by atoms with E-state index in [-0.39, 0.29) is 35.1 Å². The summed E-state index contributed by atoms with van der Waals surface area (Å²) < 4.78 is 15.1. The van der Waals surface area contributed by atoms with Gasteiger partial charge in [0, 0.05) is 12.1 Å². The molecule has 2 N–H and O–H groups in total. The fraction of sp³-hybridized carbons (Fsp3) is 0.471. The van der Waals surface area contributed by atoms with Crippen LogP contribution in [-0.4, -0.2) is 43.5 Å². The molecule has 1 aromatic carbocycles. The Hall–Kier alpha value is -2.09. The Balaban J connectivity index is 1.70. The number of aromatic nitrogens is 3. The van der Waals surface area contributed by atoms with Gasteiger partial charge in [0.1, 0.15) is 5.82 Å². The Kier molecular flexibility index (Phi) is 5.27. The Morgan fingerprint density at radius 2 is 1.96 bits per heavy atom. The van der Waals surface area contributed by atoms with E-state index in [1.807, 2.05) is 4.90 Å². The van der Waals surface area contributed by atoms with E-state index in [9.17, 15) is 9.18 Å². The molecule has 2 atom stereocenters. The van der Waals surface area contributed by atoms with Crippen molar-refractivity contribution < 1.29 is 9.18 Å². The molecule has 1 aromatic heterocycles. The minimum atomic E-state index is -0.412. The highest BCUT2D eigenvalue weighted by molar-refractivity contribution is 7.99. The number of rotatable bonds is 4. The van der Waals surface area contributed by atoms with Gasteiger partial charge < -0.3 is 10.7 Å². The van der Waals surface area contributed by atoms with Gasteiger partial charge in [-0.25, -0.2) is 9.07 Å². The molecule has 0 aliphatic carbocycles. The molecule has 3 rings (SSSR count). The number of halogens is 1. The first kappa shape index (κ1) is 17.7. The number of carbonyl (C=O) groups is 1. The zero-order valence-corrected chi connectivity index (χ0v) is 15.2. The van der Waals surface area contributed by atoms with Crippen molar-refractivity contribution in [3.8, 4) is 11.4 Å². The molecule has 1 fully saturated rings. The van der Waals surface area contributed by atoms with Gasteiger partial charge in [0.05, 0.1) is 11.3 Å². The van der Waals surface area contributed by atoms with Crippen molar-refractivity contribution in [2.45, 2.75) is 50.4 Å². The summed E-state index contributed by atoms with van der Waals surface area (Å²) in [7, 11) is 0. The molecular formula is C17H22FN5OS. The van der Waals surface area contributed by atoms with E-state index < -0.39 is 5.82 Å². The summed E-state index contributed by atoms with van der Waals surface area (Å²) in [6.07, 6.45) is 3.22. The van der Waals surface area contributed by atoms with Crippen LogP contribution in [0, 0.1) is 5.82 Å². The second kappa shape index (κ2) is 7.43. The molecular weight excluding hydrogens is 341 g/mol. The monoisotopic (exact) mass is 363 g/mol. The third-order valence-electron chi connectivity index (χ3n) is 4.59. The van der Waals surface area contributed by atoms with Gasteiger partial charge in [-0.05, 0) is 45.2 Å². The highest BCUT2D eigenvalue weighted by atomic mass is 32.2. The van der Waals surface area contributed by atoms with Gasteiger partial charge in [0.2, 0.25) is 11.1 Å². The van der Waals surface area contributed by atoms with E-state index in [0.717, 1.165) is 19.3 Å². The molecule has 2 heterocycles. The average Bonchev–Trinajstić information content (AvgIpc) is 2.94. The second-order valence-electron chi connectivity index (χ2n) is 6.37. The second-order valence-corrected chi connectivity index (χ2v) is 7.32. The molecule has 1 saturated heterocycles. The molecule has 134 valence electrons. The Morgan fingerprint density at radius 3 is 2.64 bits per heavy atom. The van der Waals surface area contributed by atoms with Crippen molar-refractivity contribution in [3.05, 3.63) is 30.1 Å². The maximum Gasteiger partial charge on any atom is 0.233 e. The number of hydrogen-bond acceptors (Lipinski definition) is 5. The zero-order chi connectivity index (χ0) is 18.0. The number of amides is 1. The number of hydrogen-bond donors (Lipinski definition) is 1. The van der Waals surface area contributed by atoms with E-state index in [0.29, 0.717) is 5.16 Å². The predicted octanol–water partition coefficient (Wildman–Crippen LogP) is 2.68. The SMILES string of the molecule is CC1CCCC(C)N1C(=O)CSc1nnc(-c2ccccc2F)n1N. The summed E-state index contributed by atoms with van der Waals surface area (Å²) in [6.45, 7) is 4.17. The van der Waals surface area contributed by atoms with Gasteiger partial charge in [0.25, 0.3) is 0 Å². The van der Waals surface area contributed by atoms with Crippen LogP contribution in [0.25, 0.3) is 11.4 Å². The van der Waals surface area contributed by atoms with Gasteiger partial charge >= 0.3 is 0 Å². The van der Waals surface area contributed by atoms with E-state index in [2.05, 4.69) is 24.0 Å². The molecule has 2 aromatic rings. The van der Waals surface area contributed by atoms with Crippen LogP contribution in [0.3, 0.4) is 0 Å². The maximum atomic E-state index is 13.9. The zero-order valence-electron chi connectivity index (χ0n) is 14.4. The van der Waals surface area contributed by atoms with Crippen LogP contribution >= 0.6 is 11.8 Å². The van der Waals surface area contributed by atoms with Crippen molar-refractivity contribution in [1.82, 2.24) is 19.8 Å². The molecule has 0 radical (unpaired) electrons. The van der Waals surface area contributed by atoms with E-state index in [4.69, 9.17) is 5.84 Å². The van der Waals surface area contributed by atoms with Crippen LogP contribution in [0.2, 0.25) is 0 Å². The molecule has 0 saturated carbocycles. The molecule has 1 aliphatic rings. The number of benzene rings is 1. The third-order valence-corrected chi connectivity index (χ3v) is 5.51. The van der Waals surface area contributed by atoms with Crippen LogP contribution in [0.5, 0.6) is 0 Å². The first-order valence-corrected chi connectivity index (χ1v) is 9.37. The van der Waals surface area contributed by atoms with E-state index in [1.165, 1.54) is 22.5 Å². The summed E-state index contributed by atoms with van der Waals surface area (Å²) in [4.78, 5) is 14.5. The molecule has 2 unspecified atom stereocenters. The largest absolute Gasteiger partial charge is 0.337 e. The summed E-state index contributed by atoms with van der Waals surface area (Å²) in [5, 5.41) is 8.36. The Labute approximate surface area is 150 Å². The van der Waals surface area contributed by atoms with E-state index >= 15 is 0 Å². The topological polar surface area (TPSA) is 77.0 Å². The van der Waals surface area contributed by atoms with Crippen LogP contribution in [-0.2, 0) is 4.79 Å².